The number of aliphatic carboxylic acids is 1. The van der Waals surface area contributed by atoms with Crippen LogP contribution in [0.3, 0.4) is 0 Å². The van der Waals surface area contributed by atoms with Gasteiger partial charge in [0.25, 0.3) is 5.91 Å². The van der Waals surface area contributed by atoms with Crippen molar-refractivity contribution in [3.8, 4) is 11.5 Å². The maximum absolute atomic E-state index is 14.1. The van der Waals surface area contributed by atoms with E-state index in [2.05, 4.69) is 4.98 Å². The quantitative estimate of drug-likeness (QED) is 0.399. The number of halogens is 1. The summed E-state index contributed by atoms with van der Waals surface area (Å²) in [6.07, 6.45) is -1.15. The first-order valence-corrected chi connectivity index (χ1v) is 12.7. The summed E-state index contributed by atoms with van der Waals surface area (Å²) in [5.41, 5.74) is 1.14. The summed E-state index contributed by atoms with van der Waals surface area (Å²) in [5.74, 6) is -0.555. The van der Waals surface area contributed by atoms with Gasteiger partial charge in [0.1, 0.15) is 18.0 Å². The highest BCUT2D eigenvalue weighted by atomic mass is 35.5. The Kier molecular flexibility index (Phi) is 8.48. The van der Waals surface area contributed by atoms with Crippen LogP contribution in [0.2, 0.25) is 5.02 Å². The van der Waals surface area contributed by atoms with Gasteiger partial charge in [0.15, 0.2) is 17.4 Å². The number of carbonyl (C=O) groups excluding carboxylic acids is 2. The van der Waals surface area contributed by atoms with Gasteiger partial charge in [0.2, 0.25) is 0 Å². The summed E-state index contributed by atoms with van der Waals surface area (Å²) in [6, 6.07) is 10.5. The van der Waals surface area contributed by atoms with E-state index in [0.717, 1.165) is 0 Å². The first-order chi connectivity index (χ1) is 18.6. The molecule has 10 nitrogen and oxygen atoms in total. The van der Waals surface area contributed by atoms with Gasteiger partial charge in [0, 0.05) is 52.8 Å². The number of amides is 1. The molecule has 11 heteroatoms. The Morgan fingerprint density at radius 1 is 1.21 bits per heavy atom. The molecule has 3 aromatic rings. The van der Waals surface area contributed by atoms with Crippen LogP contribution >= 0.6 is 11.6 Å². The number of hydrogen-bond acceptors (Lipinski definition) is 9. The summed E-state index contributed by atoms with van der Waals surface area (Å²) >= 11 is 6.44. The van der Waals surface area contributed by atoms with Gasteiger partial charge < -0.3 is 38.5 Å². The van der Waals surface area contributed by atoms with Crippen LogP contribution in [0.15, 0.2) is 47.0 Å². The van der Waals surface area contributed by atoms with Gasteiger partial charge in [0.05, 0.1) is 26.8 Å². The molecule has 0 bridgehead atoms. The van der Waals surface area contributed by atoms with Crippen LogP contribution in [-0.4, -0.2) is 55.4 Å². The second-order valence-corrected chi connectivity index (χ2v) is 10.4. The molecule has 1 N–H and O–H groups in total. The lowest BCUT2D eigenvalue weighted by Gasteiger charge is -2.32. The lowest BCUT2D eigenvalue weighted by Crippen LogP contribution is -2.46. The number of ether oxygens (including phenoxy) is 3. The molecule has 0 fully saturated rings. The monoisotopic (exact) mass is 557 g/mol. The molecule has 1 amide bonds. The van der Waals surface area contributed by atoms with Crippen LogP contribution in [-0.2, 0) is 27.2 Å². The van der Waals surface area contributed by atoms with Gasteiger partial charge in [-0.25, -0.2) is 4.98 Å². The summed E-state index contributed by atoms with van der Waals surface area (Å²) < 4.78 is 23.3. The van der Waals surface area contributed by atoms with Crippen LogP contribution in [0.1, 0.15) is 42.7 Å². The Morgan fingerprint density at radius 2 is 1.97 bits per heavy atom. The minimum absolute atomic E-state index is 0.0769. The maximum atomic E-state index is 14.1. The topological polar surface area (TPSA) is 134 Å². The number of hydrogen-bond donors (Lipinski definition) is 1. The van der Waals surface area contributed by atoms with Crippen molar-refractivity contribution in [1.29, 1.82) is 0 Å². The second kappa shape index (κ2) is 11.6. The number of carboxylic acids is 1. The zero-order valence-electron chi connectivity index (χ0n) is 22.1. The maximum Gasteiger partial charge on any atom is 0.256 e. The fourth-order valence-corrected chi connectivity index (χ4v) is 4.71. The molecule has 208 valence electrons. The number of nitrogens with zero attached hydrogens (tertiary/aromatic N) is 2. The predicted octanol–water partition coefficient (Wildman–Crippen LogP) is 2.72. The van der Waals surface area contributed by atoms with Crippen LogP contribution in [0.4, 0.5) is 5.69 Å². The molecule has 0 unspecified atom stereocenters. The number of para-hydroxylation sites is 1. The van der Waals surface area contributed by atoms with Gasteiger partial charge in [-0.3, -0.25) is 4.79 Å². The number of oxazole rings is 1. The molecule has 2 atom stereocenters. The fraction of sp³-hybridized carbons (Fsp3) is 0.393. The summed E-state index contributed by atoms with van der Waals surface area (Å²) in [7, 11) is 3.04. The van der Waals surface area contributed by atoms with E-state index in [4.69, 9.17) is 30.2 Å². The molecule has 2 heterocycles. The van der Waals surface area contributed by atoms with Gasteiger partial charge in [-0.05, 0) is 24.3 Å². The minimum atomic E-state index is -1.31. The third-order valence-electron chi connectivity index (χ3n) is 6.41. The standard InChI is InChI=1S/C28H31ClN2O8/c1-28(2,15-32)14-31-20-9-8-16(29)10-19(20)25(18-6-5-7-21(36-3)26(18)37-4)39-22(27(31)35)12-23-30-13-17(38-23)11-24(33)34/h5-10,13,22,25,32H,11-12,14-15H2,1-4H3,(H,33,34)/p-1/t22-,25-/m1/s1. The van der Waals surface area contributed by atoms with Crippen LogP contribution < -0.4 is 19.5 Å². The first-order valence-electron chi connectivity index (χ1n) is 12.3. The summed E-state index contributed by atoms with van der Waals surface area (Å²) in [5, 5.41) is 21.4. The highest BCUT2D eigenvalue weighted by Gasteiger charge is 2.40. The highest BCUT2D eigenvalue weighted by molar-refractivity contribution is 6.30. The summed E-state index contributed by atoms with van der Waals surface area (Å²) in [4.78, 5) is 30.8. The average Bonchev–Trinajstić information content (AvgIpc) is 3.30. The van der Waals surface area contributed by atoms with Crippen molar-refractivity contribution in [2.24, 2.45) is 5.41 Å². The van der Waals surface area contributed by atoms with Crippen molar-refractivity contribution in [2.45, 2.75) is 38.9 Å². The molecule has 4 rings (SSSR count). The van der Waals surface area contributed by atoms with Crippen LogP contribution in [0, 0.1) is 5.41 Å². The van der Waals surface area contributed by atoms with Crippen molar-refractivity contribution in [1.82, 2.24) is 4.98 Å². The number of methoxy groups -OCH3 is 2. The van der Waals surface area contributed by atoms with E-state index in [1.807, 2.05) is 19.9 Å². The zero-order valence-corrected chi connectivity index (χ0v) is 22.9. The number of aliphatic hydroxyl groups is 1. The largest absolute Gasteiger partial charge is 0.550 e. The Balaban J connectivity index is 1.87. The average molecular weight is 558 g/mol. The van der Waals surface area contributed by atoms with Crippen molar-refractivity contribution in [2.75, 3.05) is 32.3 Å². The third kappa shape index (κ3) is 6.19. The Hall–Kier alpha value is -3.60. The molecule has 0 saturated heterocycles. The zero-order chi connectivity index (χ0) is 28.3. The van der Waals surface area contributed by atoms with E-state index in [1.54, 1.807) is 35.2 Å². The van der Waals surface area contributed by atoms with E-state index in [-0.39, 0.29) is 37.1 Å². The van der Waals surface area contributed by atoms with E-state index >= 15 is 0 Å². The Bertz CT molecular complexity index is 1360. The van der Waals surface area contributed by atoms with Gasteiger partial charge in [-0.1, -0.05) is 37.6 Å². The first kappa shape index (κ1) is 28.4. The minimum Gasteiger partial charge on any atom is -0.550 e. The van der Waals surface area contributed by atoms with Crippen molar-refractivity contribution >= 4 is 29.2 Å². The number of carbonyl (C=O) groups is 2. The second-order valence-electron chi connectivity index (χ2n) is 10.0. The summed E-state index contributed by atoms with van der Waals surface area (Å²) in [6.45, 7) is 3.71. The molecule has 1 aromatic heterocycles. The molecular weight excluding hydrogens is 528 g/mol. The van der Waals surface area contributed by atoms with Crippen molar-refractivity contribution in [3.63, 3.8) is 0 Å². The molecular formula is C28H30ClN2O8-. The van der Waals surface area contributed by atoms with Crippen LogP contribution in [0.5, 0.6) is 11.5 Å². The number of carboxylic acid groups (broad SMARTS) is 1. The van der Waals surface area contributed by atoms with E-state index < -0.39 is 30.0 Å². The van der Waals surface area contributed by atoms with Gasteiger partial charge in [-0.2, -0.15) is 0 Å². The normalized spacial score (nSPS) is 17.5. The Labute approximate surface area is 231 Å². The van der Waals surface area contributed by atoms with E-state index in [0.29, 0.717) is 33.3 Å². The number of rotatable bonds is 10. The number of aliphatic hydroxyl groups excluding tert-OH is 1. The van der Waals surface area contributed by atoms with Gasteiger partial charge in [-0.15, -0.1) is 0 Å². The molecule has 1 aliphatic rings. The molecule has 0 radical (unpaired) electrons. The smallest absolute Gasteiger partial charge is 0.256 e. The van der Waals surface area contributed by atoms with E-state index in [9.17, 15) is 19.8 Å². The molecule has 1 aliphatic heterocycles. The molecule has 0 aliphatic carbocycles. The SMILES string of the molecule is COc1cccc([C@H]2O[C@H](Cc3ncc(CC(=O)[O-])o3)C(=O)N(CC(C)(C)CO)c3ccc(Cl)cc32)c1OC. The van der Waals surface area contributed by atoms with Crippen LogP contribution in [0.25, 0.3) is 0 Å². The highest BCUT2D eigenvalue weighted by Crippen LogP contribution is 2.45. The number of aromatic nitrogens is 1. The molecule has 0 saturated carbocycles. The molecule has 0 spiro atoms. The predicted molar refractivity (Wildman–Crippen MR) is 140 cm³/mol. The lowest BCUT2D eigenvalue weighted by atomic mass is 9.92. The van der Waals surface area contributed by atoms with Crippen molar-refractivity contribution < 1.29 is 38.4 Å². The van der Waals surface area contributed by atoms with Gasteiger partial charge >= 0.3 is 0 Å². The molecule has 39 heavy (non-hydrogen) atoms. The number of anilines is 1. The molecule has 2 aromatic carbocycles. The van der Waals surface area contributed by atoms with Crippen molar-refractivity contribution in [3.05, 3.63) is 70.4 Å². The third-order valence-corrected chi connectivity index (χ3v) is 6.65. The number of fused-ring (bicyclic) bond motifs is 1. The number of benzene rings is 2. The Morgan fingerprint density at radius 3 is 2.64 bits per heavy atom. The van der Waals surface area contributed by atoms with E-state index in [1.165, 1.54) is 20.4 Å². The lowest BCUT2D eigenvalue weighted by molar-refractivity contribution is -0.305. The fourth-order valence-electron chi connectivity index (χ4n) is 4.53.